The number of pyridine rings is 1. The van der Waals surface area contributed by atoms with Gasteiger partial charge >= 0.3 is 0 Å². The normalized spacial score (nSPS) is 21.5. The number of nitrogens with zero attached hydrogens (tertiary/aromatic N) is 3. The van der Waals surface area contributed by atoms with E-state index in [1.807, 2.05) is 12.4 Å². The monoisotopic (exact) mass is 444 g/mol. The Labute approximate surface area is 197 Å². The van der Waals surface area contributed by atoms with Gasteiger partial charge in [-0.1, -0.05) is 25.9 Å². The van der Waals surface area contributed by atoms with Crippen molar-refractivity contribution in [3.8, 4) is 22.8 Å². The van der Waals surface area contributed by atoms with E-state index in [2.05, 4.69) is 50.0 Å². The van der Waals surface area contributed by atoms with Gasteiger partial charge in [0.2, 0.25) is 5.82 Å². The van der Waals surface area contributed by atoms with Gasteiger partial charge in [-0.2, -0.15) is 4.98 Å². The zero-order valence-corrected chi connectivity index (χ0v) is 20.4. The zero-order chi connectivity index (χ0) is 23.2. The van der Waals surface area contributed by atoms with Crippen molar-refractivity contribution < 1.29 is 4.52 Å². The van der Waals surface area contributed by atoms with Gasteiger partial charge in [0.25, 0.3) is 5.89 Å². The van der Waals surface area contributed by atoms with Gasteiger partial charge in [-0.15, -0.1) is 0 Å². The van der Waals surface area contributed by atoms with E-state index in [0.717, 1.165) is 62.1 Å². The molecule has 0 bridgehead atoms. The Morgan fingerprint density at radius 3 is 2.79 bits per heavy atom. The molecule has 1 aromatic carbocycles. The van der Waals surface area contributed by atoms with Crippen molar-refractivity contribution in [2.75, 3.05) is 6.54 Å². The van der Waals surface area contributed by atoms with Crippen LogP contribution in [0.25, 0.3) is 22.8 Å². The number of hydrogen-bond donors (Lipinski definition) is 1. The summed E-state index contributed by atoms with van der Waals surface area (Å²) in [5, 5.41) is 4.38. The van der Waals surface area contributed by atoms with Gasteiger partial charge in [-0.25, -0.2) is 0 Å². The molecule has 2 aliphatic rings. The van der Waals surface area contributed by atoms with Crippen molar-refractivity contribution in [2.45, 2.75) is 72.6 Å². The Balaban J connectivity index is 1.44. The van der Waals surface area contributed by atoms with Crippen molar-refractivity contribution in [2.24, 2.45) is 23.0 Å². The van der Waals surface area contributed by atoms with Crippen molar-refractivity contribution in [3.63, 3.8) is 0 Å². The fraction of sp³-hybridized carbons (Fsp3) is 0.536. The lowest BCUT2D eigenvalue weighted by molar-refractivity contribution is 0.307. The lowest BCUT2D eigenvalue weighted by Gasteiger charge is -2.32. The summed E-state index contributed by atoms with van der Waals surface area (Å²) in [5.74, 6) is 2.65. The third-order valence-corrected chi connectivity index (χ3v) is 7.94. The van der Waals surface area contributed by atoms with Gasteiger partial charge in [0.1, 0.15) is 0 Å². The average Bonchev–Trinajstić information content (AvgIpc) is 3.26. The van der Waals surface area contributed by atoms with Gasteiger partial charge in [-0.3, -0.25) is 4.98 Å². The molecule has 5 nitrogen and oxygen atoms in total. The number of hydrogen-bond acceptors (Lipinski definition) is 5. The van der Waals surface area contributed by atoms with Gasteiger partial charge in [0.05, 0.1) is 5.56 Å². The summed E-state index contributed by atoms with van der Waals surface area (Å²) in [7, 11) is 0. The Kier molecular flexibility index (Phi) is 5.86. The molecular weight excluding hydrogens is 408 g/mol. The minimum Gasteiger partial charge on any atom is -0.334 e. The number of fused-ring (bicyclic) bond motifs is 2. The van der Waals surface area contributed by atoms with Crippen LogP contribution in [0.15, 0.2) is 29.0 Å². The first-order chi connectivity index (χ1) is 15.8. The van der Waals surface area contributed by atoms with E-state index in [1.165, 1.54) is 34.2 Å². The molecule has 174 valence electrons. The van der Waals surface area contributed by atoms with Gasteiger partial charge in [-0.05, 0) is 116 Å². The highest BCUT2D eigenvalue weighted by Gasteiger charge is 2.29. The van der Waals surface area contributed by atoms with Crippen LogP contribution >= 0.6 is 0 Å². The summed E-state index contributed by atoms with van der Waals surface area (Å²) in [5.41, 5.74) is 15.0. The molecule has 2 N–H and O–H groups in total. The minimum atomic E-state index is 0.314. The van der Waals surface area contributed by atoms with Crippen LogP contribution in [0.5, 0.6) is 0 Å². The van der Waals surface area contributed by atoms with Crippen LogP contribution in [-0.2, 0) is 25.7 Å². The SMILES string of the molecule is Cc1cc(-c2noc(-c3cncc4c3CCC(C)(C)C4)n2)cc2c1CC(CCCN)C(C)C2. The summed E-state index contributed by atoms with van der Waals surface area (Å²) >= 11 is 0. The predicted molar refractivity (Wildman–Crippen MR) is 132 cm³/mol. The molecule has 0 amide bonds. The van der Waals surface area contributed by atoms with E-state index >= 15 is 0 Å². The standard InChI is InChI=1S/C28H36N4O/c1-17-10-20-12-21(11-18(2)24(20)13-19(17)6-5-9-29)26-31-27(33-32-26)25-16-30-15-22-14-28(3,4)8-7-23(22)25/h11-12,15-17,19H,5-10,13-14,29H2,1-4H3. The third kappa shape index (κ3) is 4.35. The summed E-state index contributed by atoms with van der Waals surface area (Å²) in [4.78, 5) is 9.32. The van der Waals surface area contributed by atoms with Crippen molar-refractivity contribution in [1.82, 2.24) is 15.1 Å². The van der Waals surface area contributed by atoms with Crippen LogP contribution in [-0.4, -0.2) is 21.7 Å². The quantitative estimate of drug-likeness (QED) is 0.545. The highest BCUT2D eigenvalue weighted by atomic mass is 16.5. The highest BCUT2D eigenvalue weighted by molar-refractivity contribution is 5.65. The van der Waals surface area contributed by atoms with Gasteiger partial charge < -0.3 is 10.3 Å². The molecule has 0 fully saturated rings. The minimum absolute atomic E-state index is 0.314. The number of nitrogens with two attached hydrogens (primary N) is 1. The van der Waals surface area contributed by atoms with Crippen LogP contribution in [0, 0.1) is 24.2 Å². The smallest absolute Gasteiger partial charge is 0.260 e. The first-order valence-electron chi connectivity index (χ1n) is 12.5. The summed E-state index contributed by atoms with van der Waals surface area (Å²) in [6.45, 7) is 10.0. The second-order valence-corrected chi connectivity index (χ2v) is 11.1. The van der Waals surface area contributed by atoms with Crippen LogP contribution in [0.3, 0.4) is 0 Å². The largest absolute Gasteiger partial charge is 0.334 e. The maximum Gasteiger partial charge on any atom is 0.260 e. The molecule has 0 aliphatic heterocycles. The molecule has 2 heterocycles. The van der Waals surface area contributed by atoms with E-state index in [4.69, 9.17) is 15.2 Å². The van der Waals surface area contributed by atoms with Crippen LogP contribution in [0.2, 0.25) is 0 Å². The maximum atomic E-state index is 5.78. The molecule has 0 saturated heterocycles. The summed E-state index contributed by atoms with van der Waals surface area (Å²) in [6, 6.07) is 4.51. The van der Waals surface area contributed by atoms with Crippen molar-refractivity contribution in [1.29, 1.82) is 0 Å². The number of aromatic nitrogens is 3. The van der Waals surface area contributed by atoms with Crippen molar-refractivity contribution in [3.05, 3.63) is 52.3 Å². The summed E-state index contributed by atoms with van der Waals surface area (Å²) in [6.07, 6.45) is 11.7. The molecule has 0 spiro atoms. The first-order valence-corrected chi connectivity index (χ1v) is 12.5. The topological polar surface area (TPSA) is 77.8 Å². The molecule has 2 atom stereocenters. The summed E-state index contributed by atoms with van der Waals surface area (Å²) < 4.78 is 5.78. The Hall–Kier alpha value is -2.53. The lowest BCUT2D eigenvalue weighted by atomic mass is 9.73. The Morgan fingerprint density at radius 2 is 1.97 bits per heavy atom. The van der Waals surface area contributed by atoms with E-state index in [9.17, 15) is 0 Å². The molecule has 5 rings (SSSR count). The molecule has 5 heteroatoms. The molecular formula is C28H36N4O. The first kappa shape index (κ1) is 22.3. The number of rotatable bonds is 5. The van der Waals surface area contributed by atoms with Crippen LogP contribution in [0.4, 0.5) is 0 Å². The molecule has 0 saturated carbocycles. The third-order valence-electron chi connectivity index (χ3n) is 7.94. The lowest BCUT2D eigenvalue weighted by Crippen LogP contribution is -2.24. The maximum absolute atomic E-state index is 5.78. The van der Waals surface area contributed by atoms with Crippen LogP contribution in [0.1, 0.15) is 67.9 Å². The van der Waals surface area contributed by atoms with Crippen molar-refractivity contribution >= 4 is 0 Å². The molecule has 2 aliphatic carbocycles. The molecule has 2 unspecified atom stereocenters. The van der Waals surface area contributed by atoms with E-state index in [-0.39, 0.29) is 0 Å². The second-order valence-electron chi connectivity index (χ2n) is 11.1. The molecule has 2 aromatic heterocycles. The van der Waals surface area contributed by atoms with E-state index in [1.54, 1.807) is 0 Å². The number of benzene rings is 1. The zero-order valence-electron chi connectivity index (χ0n) is 20.4. The average molecular weight is 445 g/mol. The predicted octanol–water partition coefficient (Wildman–Crippen LogP) is 5.71. The fourth-order valence-corrected chi connectivity index (χ4v) is 5.92. The molecule has 3 aromatic rings. The highest BCUT2D eigenvalue weighted by Crippen LogP contribution is 2.39. The second kappa shape index (κ2) is 8.68. The molecule has 0 radical (unpaired) electrons. The van der Waals surface area contributed by atoms with E-state index < -0.39 is 0 Å². The van der Waals surface area contributed by atoms with E-state index in [0.29, 0.717) is 23.0 Å². The Morgan fingerprint density at radius 1 is 1.12 bits per heavy atom. The van der Waals surface area contributed by atoms with Crippen LogP contribution < -0.4 is 5.73 Å². The molecule has 33 heavy (non-hydrogen) atoms. The fourth-order valence-electron chi connectivity index (χ4n) is 5.92. The van der Waals surface area contributed by atoms with Gasteiger partial charge in [0.15, 0.2) is 0 Å². The number of aryl methyl sites for hydroxylation is 1. The van der Waals surface area contributed by atoms with Gasteiger partial charge in [0, 0.05) is 18.0 Å². The Bertz CT molecular complexity index is 1160.